The Balaban J connectivity index is 1.32. The topological polar surface area (TPSA) is 83.0 Å². The number of ether oxygens (including phenoxy) is 1. The van der Waals surface area contributed by atoms with Gasteiger partial charge in [-0.15, -0.1) is 0 Å². The first-order valence-corrected chi connectivity index (χ1v) is 13.6. The Morgan fingerprint density at radius 3 is 2.51 bits per heavy atom. The van der Waals surface area contributed by atoms with Crippen LogP contribution in [0.2, 0.25) is 0 Å². The fourth-order valence-electron chi connectivity index (χ4n) is 4.84. The summed E-state index contributed by atoms with van der Waals surface area (Å²) in [6.07, 6.45) is 1.78. The summed E-state index contributed by atoms with van der Waals surface area (Å²) in [6.45, 7) is 7.24. The molecule has 7 nitrogen and oxygen atoms in total. The van der Waals surface area contributed by atoms with Crippen LogP contribution in [0, 0.1) is 26.2 Å². The van der Waals surface area contributed by atoms with Crippen molar-refractivity contribution in [2.24, 2.45) is 10.1 Å². The number of benzene rings is 3. The molecular formula is C31H27N5O2S. The largest absolute Gasteiger partial charge is 0.491 e. The van der Waals surface area contributed by atoms with Crippen molar-refractivity contribution in [2.45, 2.75) is 27.3 Å². The first kappa shape index (κ1) is 24.9. The lowest BCUT2D eigenvalue weighted by Crippen LogP contribution is -2.35. The predicted octanol–water partition coefficient (Wildman–Crippen LogP) is 6.31. The number of aliphatic imine (C=N–C) groups is 1. The van der Waals surface area contributed by atoms with Gasteiger partial charge < -0.3 is 9.30 Å². The summed E-state index contributed by atoms with van der Waals surface area (Å²) in [5.41, 5.74) is 6.33. The molecule has 2 aliphatic heterocycles. The van der Waals surface area contributed by atoms with Crippen LogP contribution in [0.4, 0.5) is 0 Å². The minimum atomic E-state index is -0.432. The van der Waals surface area contributed by atoms with Crippen LogP contribution in [0.3, 0.4) is 0 Å². The van der Waals surface area contributed by atoms with Gasteiger partial charge in [0.25, 0.3) is 5.91 Å². The molecule has 0 aliphatic carbocycles. The van der Waals surface area contributed by atoms with E-state index in [1.807, 2.05) is 87.5 Å². The minimum absolute atomic E-state index is 0.0266. The molecule has 0 bridgehead atoms. The monoisotopic (exact) mass is 533 g/mol. The van der Waals surface area contributed by atoms with Gasteiger partial charge in [0.1, 0.15) is 17.4 Å². The number of hydrogen-bond acceptors (Lipinski definition) is 5. The zero-order valence-corrected chi connectivity index (χ0v) is 22.7. The SMILES string of the molecule is Cc1ccc(C2=NN3C(=N)/C(=C\c4c(C)n(CCOc5ccccc5C)c5ccccc45)C(=O)N=C3S2)cc1. The molecule has 1 N–H and O–H groups in total. The van der Waals surface area contributed by atoms with Crippen LogP contribution in [0.15, 0.2) is 88.5 Å². The molecule has 0 saturated heterocycles. The second-order valence-corrected chi connectivity index (χ2v) is 10.5. The summed E-state index contributed by atoms with van der Waals surface area (Å²) in [6, 6.07) is 24.1. The van der Waals surface area contributed by atoms with Gasteiger partial charge in [-0.25, -0.2) is 0 Å². The van der Waals surface area contributed by atoms with E-state index in [1.165, 1.54) is 16.8 Å². The van der Waals surface area contributed by atoms with Gasteiger partial charge in [0.2, 0.25) is 5.17 Å². The van der Waals surface area contributed by atoms with Crippen LogP contribution in [0.25, 0.3) is 17.0 Å². The second-order valence-electron chi connectivity index (χ2n) is 9.57. The lowest BCUT2D eigenvalue weighted by molar-refractivity contribution is -0.114. The third kappa shape index (κ3) is 4.57. The number of aryl methyl sites for hydroxylation is 2. The van der Waals surface area contributed by atoms with Gasteiger partial charge >= 0.3 is 0 Å². The lowest BCUT2D eigenvalue weighted by atomic mass is 10.1. The average molecular weight is 534 g/mol. The van der Waals surface area contributed by atoms with Crippen molar-refractivity contribution >= 4 is 50.7 Å². The van der Waals surface area contributed by atoms with E-state index in [-0.39, 0.29) is 11.4 Å². The Bertz CT molecular complexity index is 1730. The molecule has 194 valence electrons. The maximum Gasteiger partial charge on any atom is 0.283 e. The molecule has 1 aromatic heterocycles. The number of carbonyl (C=O) groups is 1. The number of amidine groups is 2. The van der Waals surface area contributed by atoms with E-state index in [9.17, 15) is 4.79 Å². The zero-order chi connectivity index (χ0) is 27.1. The Kier molecular flexibility index (Phi) is 6.40. The van der Waals surface area contributed by atoms with Crippen molar-refractivity contribution in [3.63, 3.8) is 0 Å². The molecule has 3 aromatic carbocycles. The van der Waals surface area contributed by atoms with Crippen LogP contribution in [-0.4, -0.2) is 38.1 Å². The Morgan fingerprint density at radius 2 is 1.72 bits per heavy atom. The van der Waals surface area contributed by atoms with Gasteiger partial charge in [0.05, 0.1) is 12.1 Å². The minimum Gasteiger partial charge on any atom is -0.491 e. The molecule has 0 radical (unpaired) electrons. The number of fused-ring (bicyclic) bond motifs is 2. The summed E-state index contributed by atoms with van der Waals surface area (Å²) < 4.78 is 8.27. The standard InChI is InChI=1S/C31H27N5O2S/c1-19-12-14-22(15-13-19)30-34-36-28(32)25(29(37)33-31(36)39-30)18-24-21(3)35(26-10-6-5-9-23(24)26)16-17-38-27-11-7-4-8-20(27)2/h4-15,18,32H,16-17H2,1-3H3/b25-18+,32-28?. The molecule has 0 spiro atoms. The molecule has 3 heterocycles. The van der Waals surface area contributed by atoms with Gasteiger partial charge in [-0.05, 0) is 56.3 Å². The molecule has 0 atom stereocenters. The third-order valence-electron chi connectivity index (χ3n) is 6.99. The van der Waals surface area contributed by atoms with Crippen molar-refractivity contribution in [1.82, 2.24) is 9.58 Å². The van der Waals surface area contributed by atoms with Crippen molar-refractivity contribution in [3.8, 4) is 5.75 Å². The fraction of sp³-hybridized carbons (Fsp3) is 0.161. The number of rotatable bonds is 6. The third-order valence-corrected chi connectivity index (χ3v) is 7.94. The molecule has 8 heteroatoms. The quantitative estimate of drug-likeness (QED) is 0.294. The summed E-state index contributed by atoms with van der Waals surface area (Å²) in [7, 11) is 0. The van der Waals surface area contributed by atoms with Crippen LogP contribution in [0.1, 0.15) is 27.9 Å². The van der Waals surface area contributed by atoms with E-state index in [0.717, 1.165) is 44.6 Å². The van der Waals surface area contributed by atoms with Gasteiger partial charge in [-0.3, -0.25) is 10.2 Å². The van der Waals surface area contributed by atoms with Gasteiger partial charge in [0, 0.05) is 27.7 Å². The maximum absolute atomic E-state index is 13.1. The van der Waals surface area contributed by atoms with Crippen LogP contribution < -0.4 is 4.74 Å². The van der Waals surface area contributed by atoms with Crippen LogP contribution >= 0.6 is 11.8 Å². The number of amides is 1. The number of hydrogen-bond donors (Lipinski definition) is 1. The molecular weight excluding hydrogens is 506 g/mol. The van der Waals surface area contributed by atoms with Gasteiger partial charge in [0.15, 0.2) is 5.84 Å². The van der Waals surface area contributed by atoms with Crippen molar-refractivity contribution in [2.75, 3.05) is 6.61 Å². The van der Waals surface area contributed by atoms with E-state index in [4.69, 9.17) is 10.1 Å². The first-order chi connectivity index (χ1) is 18.9. The number of para-hydroxylation sites is 2. The molecule has 1 amide bonds. The summed E-state index contributed by atoms with van der Waals surface area (Å²) in [5.74, 6) is 0.467. The highest BCUT2D eigenvalue weighted by Crippen LogP contribution is 2.33. The number of nitrogens with zero attached hydrogens (tertiary/aromatic N) is 4. The number of aromatic nitrogens is 1. The van der Waals surface area contributed by atoms with Crippen molar-refractivity contribution < 1.29 is 9.53 Å². The summed E-state index contributed by atoms with van der Waals surface area (Å²) in [5, 5.41) is 17.1. The molecule has 0 saturated carbocycles. The zero-order valence-electron chi connectivity index (χ0n) is 21.9. The highest BCUT2D eigenvalue weighted by atomic mass is 32.2. The van der Waals surface area contributed by atoms with Crippen molar-refractivity contribution in [3.05, 3.63) is 106 Å². The van der Waals surface area contributed by atoms with E-state index in [1.54, 1.807) is 6.08 Å². The first-order valence-electron chi connectivity index (χ1n) is 12.7. The van der Waals surface area contributed by atoms with E-state index < -0.39 is 5.91 Å². The Hall–Kier alpha value is -4.43. The highest BCUT2D eigenvalue weighted by molar-refractivity contribution is 8.27. The molecule has 4 aromatic rings. The molecule has 0 fully saturated rings. The van der Waals surface area contributed by atoms with Gasteiger partial charge in [-0.1, -0.05) is 66.2 Å². The van der Waals surface area contributed by atoms with E-state index in [0.29, 0.717) is 23.4 Å². The summed E-state index contributed by atoms with van der Waals surface area (Å²) in [4.78, 5) is 17.4. The molecule has 39 heavy (non-hydrogen) atoms. The smallest absolute Gasteiger partial charge is 0.283 e. The van der Waals surface area contributed by atoms with Crippen molar-refractivity contribution in [1.29, 1.82) is 5.41 Å². The highest BCUT2D eigenvalue weighted by Gasteiger charge is 2.36. The van der Waals surface area contributed by atoms with Crippen LogP contribution in [-0.2, 0) is 11.3 Å². The van der Waals surface area contributed by atoms with Gasteiger partial charge in [-0.2, -0.15) is 15.1 Å². The predicted molar refractivity (Wildman–Crippen MR) is 159 cm³/mol. The Morgan fingerprint density at radius 1 is 0.974 bits per heavy atom. The molecule has 6 rings (SSSR count). The number of nitrogens with one attached hydrogen (secondary N) is 1. The number of thioether (sulfide) groups is 1. The second kappa shape index (κ2) is 10.0. The van der Waals surface area contributed by atoms with Crippen LogP contribution in [0.5, 0.6) is 5.75 Å². The lowest BCUT2D eigenvalue weighted by Gasteiger charge is -2.20. The number of hydrazone groups is 1. The van der Waals surface area contributed by atoms with E-state index >= 15 is 0 Å². The summed E-state index contributed by atoms with van der Waals surface area (Å²) >= 11 is 1.31. The number of carbonyl (C=O) groups excluding carboxylic acids is 1. The molecule has 0 unspecified atom stereocenters. The Labute approximate surface area is 231 Å². The molecule has 2 aliphatic rings. The maximum atomic E-state index is 13.1. The fourth-order valence-corrected chi connectivity index (χ4v) is 5.74. The normalized spacial score (nSPS) is 16.1. The average Bonchev–Trinajstić information content (AvgIpc) is 3.47. The van der Waals surface area contributed by atoms with E-state index in [2.05, 4.69) is 20.7 Å².